The topological polar surface area (TPSA) is 61.0 Å². The number of hydrogen-bond donors (Lipinski definition) is 1. The van der Waals surface area contributed by atoms with Crippen LogP contribution in [-0.2, 0) is 0 Å². The molecule has 0 radical (unpaired) electrons. The molecule has 3 aromatic rings. The molecule has 0 unspecified atom stereocenters. The summed E-state index contributed by atoms with van der Waals surface area (Å²) >= 11 is 0. The number of hydrogen-bond acceptors (Lipinski definition) is 4. The SMILES string of the molecule is Nc1cc(Oc2ccccc2)nc(-c2ccccc2)n1. The molecule has 0 aliphatic rings. The monoisotopic (exact) mass is 263 g/mol. The molecule has 0 saturated carbocycles. The van der Waals surface area contributed by atoms with Gasteiger partial charge in [-0.1, -0.05) is 48.5 Å². The lowest BCUT2D eigenvalue weighted by molar-refractivity contribution is 0.463. The molecule has 0 bridgehead atoms. The van der Waals surface area contributed by atoms with Crippen LogP contribution in [0.3, 0.4) is 0 Å². The summed E-state index contributed by atoms with van der Waals surface area (Å²) in [5.41, 5.74) is 6.72. The van der Waals surface area contributed by atoms with Crippen LogP contribution in [0.2, 0.25) is 0 Å². The Balaban J connectivity index is 1.95. The minimum atomic E-state index is 0.379. The summed E-state index contributed by atoms with van der Waals surface area (Å²) in [4.78, 5) is 8.62. The fraction of sp³-hybridized carbons (Fsp3) is 0. The first kappa shape index (κ1) is 12.2. The van der Waals surface area contributed by atoms with E-state index in [1.165, 1.54) is 0 Å². The fourth-order valence-electron chi connectivity index (χ4n) is 1.82. The number of para-hydroxylation sites is 1. The van der Waals surface area contributed by atoms with Crippen LogP contribution in [-0.4, -0.2) is 9.97 Å². The van der Waals surface area contributed by atoms with Crippen molar-refractivity contribution >= 4 is 5.82 Å². The highest BCUT2D eigenvalue weighted by Gasteiger charge is 2.06. The van der Waals surface area contributed by atoms with Crippen LogP contribution in [0, 0.1) is 0 Å². The van der Waals surface area contributed by atoms with Crippen LogP contribution < -0.4 is 10.5 Å². The van der Waals surface area contributed by atoms with Crippen LogP contribution >= 0.6 is 0 Å². The van der Waals surface area contributed by atoms with Gasteiger partial charge in [-0.05, 0) is 12.1 Å². The normalized spacial score (nSPS) is 10.2. The molecule has 20 heavy (non-hydrogen) atoms. The number of anilines is 1. The van der Waals surface area contributed by atoms with E-state index in [1.54, 1.807) is 6.07 Å². The Labute approximate surface area is 116 Å². The summed E-state index contributed by atoms with van der Waals surface area (Å²) in [5, 5.41) is 0. The second kappa shape index (κ2) is 5.40. The van der Waals surface area contributed by atoms with Gasteiger partial charge in [-0.25, -0.2) is 4.98 Å². The van der Waals surface area contributed by atoms with Gasteiger partial charge in [-0.15, -0.1) is 0 Å². The Kier molecular flexibility index (Phi) is 3.29. The van der Waals surface area contributed by atoms with E-state index < -0.39 is 0 Å². The number of rotatable bonds is 3. The third-order valence-corrected chi connectivity index (χ3v) is 2.72. The molecular formula is C16H13N3O. The first-order valence-electron chi connectivity index (χ1n) is 6.24. The number of aromatic nitrogens is 2. The van der Waals surface area contributed by atoms with Crippen LogP contribution in [0.15, 0.2) is 66.7 Å². The second-order valence-corrected chi connectivity index (χ2v) is 4.24. The van der Waals surface area contributed by atoms with Crippen molar-refractivity contribution in [2.24, 2.45) is 0 Å². The zero-order chi connectivity index (χ0) is 13.8. The zero-order valence-corrected chi connectivity index (χ0v) is 10.7. The molecule has 0 amide bonds. The first-order valence-corrected chi connectivity index (χ1v) is 6.24. The molecule has 0 aliphatic carbocycles. The van der Waals surface area contributed by atoms with Gasteiger partial charge in [0.15, 0.2) is 5.82 Å². The lowest BCUT2D eigenvalue weighted by Gasteiger charge is -2.07. The second-order valence-electron chi connectivity index (χ2n) is 4.24. The highest BCUT2D eigenvalue weighted by molar-refractivity contribution is 5.57. The molecule has 0 saturated heterocycles. The smallest absolute Gasteiger partial charge is 0.224 e. The molecule has 2 N–H and O–H groups in total. The Morgan fingerprint density at radius 1 is 0.800 bits per heavy atom. The predicted octanol–water partition coefficient (Wildman–Crippen LogP) is 3.52. The number of nitrogens with two attached hydrogens (primary N) is 1. The summed E-state index contributed by atoms with van der Waals surface area (Å²) in [6, 6.07) is 20.7. The van der Waals surface area contributed by atoms with Crippen LogP contribution in [0.25, 0.3) is 11.4 Å². The minimum Gasteiger partial charge on any atom is -0.439 e. The molecule has 4 heteroatoms. The van der Waals surface area contributed by atoms with Crippen molar-refractivity contribution in [2.75, 3.05) is 5.73 Å². The molecule has 3 rings (SSSR count). The molecule has 1 aromatic heterocycles. The lowest BCUT2D eigenvalue weighted by atomic mass is 10.2. The van der Waals surface area contributed by atoms with E-state index in [-0.39, 0.29) is 0 Å². The Bertz CT molecular complexity index is 699. The van der Waals surface area contributed by atoms with E-state index >= 15 is 0 Å². The summed E-state index contributed by atoms with van der Waals surface area (Å²) in [5.74, 6) is 2.08. The van der Waals surface area contributed by atoms with Gasteiger partial charge in [0.05, 0.1) is 0 Å². The Morgan fingerprint density at radius 2 is 1.45 bits per heavy atom. The first-order chi connectivity index (χ1) is 9.81. The maximum Gasteiger partial charge on any atom is 0.224 e. The van der Waals surface area contributed by atoms with Gasteiger partial charge in [0, 0.05) is 11.6 Å². The van der Waals surface area contributed by atoms with E-state index in [2.05, 4.69) is 9.97 Å². The van der Waals surface area contributed by atoms with Gasteiger partial charge in [-0.3, -0.25) is 0 Å². The molecular weight excluding hydrogens is 250 g/mol. The summed E-state index contributed by atoms with van der Waals surface area (Å²) < 4.78 is 5.69. The summed E-state index contributed by atoms with van der Waals surface area (Å²) in [6.07, 6.45) is 0. The van der Waals surface area contributed by atoms with Crippen molar-refractivity contribution in [3.63, 3.8) is 0 Å². The van der Waals surface area contributed by atoms with Crippen molar-refractivity contribution in [3.8, 4) is 23.0 Å². The number of benzene rings is 2. The van der Waals surface area contributed by atoms with E-state index in [9.17, 15) is 0 Å². The van der Waals surface area contributed by atoms with Gasteiger partial charge < -0.3 is 10.5 Å². The Morgan fingerprint density at radius 3 is 2.15 bits per heavy atom. The maximum absolute atomic E-state index is 5.82. The largest absolute Gasteiger partial charge is 0.439 e. The van der Waals surface area contributed by atoms with Gasteiger partial charge in [0.1, 0.15) is 11.6 Å². The van der Waals surface area contributed by atoms with Gasteiger partial charge in [-0.2, -0.15) is 4.98 Å². The highest BCUT2D eigenvalue weighted by atomic mass is 16.5. The van der Waals surface area contributed by atoms with Gasteiger partial charge >= 0.3 is 0 Å². The van der Waals surface area contributed by atoms with Gasteiger partial charge in [0.25, 0.3) is 0 Å². The van der Waals surface area contributed by atoms with Crippen LogP contribution in [0.5, 0.6) is 11.6 Å². The van der Waals surface area contributed by atoms with E-state index in [1.807, 2.05) is 60.7 Å². The average molecular weight is 263 g/mol. The molecule has 0 fully saturated rings. The van der Waals surface area contributed by atoms with E-state index in [0.29, 0.717) is 23.3 Å². The molecule has 0 aliphatic heterocycles. The maximum atomic E-state index is 5.82. The molecule has 4 nitrogen and oxygen atoms in total. The standard InChI is InChI=1S/C16H13N3O/c17-14-11-15(20-13-9-5-2-6-10-13)19-16(18-14)12-7-3-1-4-8-12/h1-11H,(H2,17,18,19). The quantitative estimate of drug-likeness (QED) is 0.785. The number of ether oxygens (including phenoxy) is 1. The summed E-state index contributed by atoms with van der Waals surface area (Å²) in [6.45, 7) is 0. The average Bonchev–Trinajstić information content (AvgIpc) is 2.49. The zero-order valence-electron chi connectivity index (χ0n) is 10.7. The van der Waals surface area contributed by atoms with Crippen LogP contribution in [0.1, 0.15) is 0 Å². The molecule has 98 valence electrons. The third kappa shape index (κ3) is 2.75. The predicted molar refractivity (Wildman–Crippen MR) is 78.4 cm³/mol. The fourth-order valence-corrected chi connectivity index (χ4v) is 1.82. The minimum absolute atomic E-state index is 0.379. The molecule has 2 aromatic carbocycles. The highest BCUT2D eigenvalue weighted by Crippen LogP contribution is 2.23. The third-order valence-electron chi connectivity index (χ3n) is 2.72. The van der Waals surface area contributed by atoms with Crippen molar-refractivity contribution in [3.05, 3.63) is 66.7 Å². The van der Waals surface area contributed by atoms with Crippen molar-refractivity contribution in [1.29, 1.82) is 0 Å². The lowest BCUT2D eigenvalue weighted by Crippen LogP contribution is -1.98. The van der Waals surface area contributed by atoms with Crippen molar-refractivity contribution in [1.82, 2.24) is 9.97 Å². The number of nitrogen functional groups attached to an aromatic ring is 1. The van der Waals surface area contributed by atoms with E-state index in [0.717, 1.165) is 5.56 Å². The van der Waals surface area contributed by atoms with Crippen molar-refractivity contribution in [2.45, 2.75) is 0 Å². The molecule has 0 atom stereocenters. The molecule has 0 spiro atoms. The van der Waals surface area contributed by atoms with Crippen LogP contribution in [0.4, 0.5) is 5.82 Å². The summed E-state index contributed by atoms with van der Waals surface area (Å²) in [7, 11) is 0. The van der Waals surface area contributed by atoms with E-state index in [4.69, 9.17) is 10.5 Å². The van der Waals surface area contributed by atoms with Crippen molar-refractivity contribution < 1.29 is 4.74 Å². The molecule has 1 heterocycles. The Hall–Kier alpha value is -2.88. The number of nitrogens with zero attached hydrogens (tertiary/aromatic N) is 2. The van der Waals surface area contributed by atoms with Gasteiger partial charge in [0.2, 0.25) is 5.88 Å².